The summed E-state index contributed by atoms with van der Waals surface area (Å²) in [5.74, 6) is 0. The number of nitrogens with zero attached hydrogens (tertiary/aromatic N) is 1. The van der Waals surface area contributed by atoms with E-state index in [9.17, 15) is 13.6 Å². The average Bonchev–Trinajstić information content (AvgIpc) is 2.03. The molecular weight excluding hydrogens is 314 g/mol. The van der Waals surface area contributed by atoms with Gasteiger partial charge in [0.05, 0.1) is 0 Å². The number of alkyl halides is 2. The highest BCUT2D eigenvalue weighted by Crippen LogP contribution is 2.21. The first-order valence-corrected chi connectivity index (χ1v) is 4.61. The Balaban J connectivity index is 3.13. The molecule has 70 valence electrons. The summed E-state index contributed by atoms with van der Waals surface area (Å²) in [6.45, 7) is 0. The Bertz CT molecular complexity index is 345. The molecule has 1 aromatic rings. The molecular formula is C7H3ClF2INO. The highest BCUT2D eigenvalue weighted by Gasteiger charge is 2.13. The molecule has 0 N–H and O–H groups in total. The summed E-state index contributed by atoms with van der Waals surface area (Å²) >= 11 is 6.88. The molecule has 0 saturated heterocycles. The van der Waals surface area contributed by atoms with Crippen LogP contribution in [0.3, 0.4) is 0 Å². The molecule has 0 aliphatic heterocycles. The Morgan fingerprint density at radius 1 is 1.62 bits per heavy atom. The van der Waals surface area contributed by atoms with Crippen LogP contribution in [0.15, 0.2) is 12.3 Å². The van der Waals surface area contributed by atoms with Crippen LogP contribution in [-0.2, 0) is 0 Å². The Hall–Kier alpha value is -0.300. The zero-order valence-corrected chi connectivity index (χ0v) is 9.01. The predicted octanol–water partition coefficient (Wildman–Crippen LogP) is 3.00. The quantitative estimate of drug-likeness (QED) is 0.620. The normalized spacial score (nSPS) is 10.5. The maximum absolute atomic E-state index is 12.1. The van der Waals surface area contributed by atoms with Crippen molar-refractivity contribution in [2.75, 3.05) is 0 Å². The Labute approximate surface area is 91.4 Å². The molecule has 0 atom stereocenters. The summed E-state index contributed by atoms with van der Waals surface area (Å²) in [6.07, 6.45) is -1.64. The number of pyridine rings is 1. The van der Waals surface area contributed by atoms with Crippen LogP contribution >= 0.6 is 34.2 Å². The third-order valence-electron chi connectivity index (χ3n) is 1.30. The van der Waals surface area contributed by atoms with Crippen LogP contribution in [0.25, 0.3) is 0 Å². The number of carbonyl (C=O) groups is 1. The van der Waals surface area contributed by atoms with Gasteiger partial charge in [0.2, 0.25) is 0 Å². The molecule has 0 bridgehead atoms. The zero-order chi connectivity index (χ0) is 10.0. The second kappa shape index (κ2) is 4.28. The first-order valence-electron chi connectivity index (χ1n) is 3.16. The lowest BCUT2D eigenvalue weighted by atomic mass is 10.2. The van der Waals surface area contributed by atoms with E-state index in [2.05, 4.69) is 4.98 Å². The van der Waals surface area contributed by atoms with E-state index < -0.39 is 11.7 Å². The highest BCUT2D eigenvalue weighted by molar-refractivity contribution is 14.1. The van der Waals surface area contributed by atoms with Gasteiger partial charge in [0.15, 0.2) is 0 Å². The predicted molar refractivity (Wildman–Crippen MR) is 52.1 cm³/mol. The van der Waals surface area contributed by atoms with E-state index >= 15 is 0 Å². The van der Waals surface area contributed by atoms with Gasteiger partial charge in [-0.15, -0.1) is 0 Å². The van der Waals surface area contributed by atoms with Crippen molar-refractivity contribution in [1.29, 1.82) is 0 Å². The molecule has 0 aliphatic carbocycles. The third kappa shape index (κ3) is 2.57. The molecule has 2 nitrogen and oxygen atoms in total. The molecule has 1 heterocycles. The number of hydrogen-bond acceptors (Lipinski definition) is 2. The van der Waals surface area contributed by atoms with E-state index in [0.29, 0.717) is 3.57 Å². The molecule has 6 heteroatoms. The average molecular weight is 317 g/mol. The summed E-state index contributed by atoms with van der Waals surface area (Å²) in [4.78, 5) is 14.2. The van der Waals surface area contributed by atoms with Crippen molar-refractivity contribution in [1.82, 2.24) is 4.98 Å². The van der Waals surface area contributed by atoms with Crippen LogP contribution in [0.2, 0.25) is 0 Å². The topological polar surface area (TPSA) is 30.0 Å². The van der Waals surface area contributed by atoms with Gasteiger partial charge >= 0.3 is 0 Å². The highest BCUT2D eigenvalue weighted by atomic mass is 127. The maximum atomic E-state index is 12.1. The second-order valence-corrected chi connectivity index (χ2v) is 3.68. The SMILES string of the molecule is O=C(Cl)c1ncc(C(F)F)cc1I. The molecule has 0 spiro atoms. The summed E-state index contributed by atoms with van der Waals surface area (Å²) in [6, 6.07) is 1.19. The summed E-state index contributed by atoms with van der Waals surface area (Å²) < 4.78 is 24.6. The lowest BCUT2D eigenvalue weighted by Gasteiger charge is -2.01. The van der Waals surface area contributed by atoms with Gasteiger partial charge in [-0.1, -0.05) is 0 Å². The lowest BCUT2D eigenvalue weighted by molar-refractivity contribution is 0.107. The van der Waals surface area contributed by atoms with Gasteiger partial charge in [-0.25, -0.2) is 8.78 Å². The molecule has 0 amide bonds. The van der Waals surface area contributed by atoms with Crippen molar-refractivity contribution in [3.63, 3.8) is 0 Å². The van der Waals surface area contributed by atoms with Crippen LogP contribution in [0.5, 0.6) is 0 Å². The van der Waals surface area contributed by atoms with Gasteiger partial charge in [-0.2, -0.15) is 0 Å². The fourth-order valence-corrected chi connectivity index (χ4v) is 1.77. The van der Waals surface area contributed by atoms with E-state index in [1.54, 1.807) is 22.6 Å². The van der Waals surface area contributed by atoms with Crippen molar-refractivity contribution in [2.45, 2.75) is 6.43 Å². The third-order valence-corrected chi connectivity index (χ3v) is 2.30. The maximum Gasteiger partial charge on any atom is 0.271 e. The molecule has 1 rings (SSSR count). The van der Waals surface area contributed by atoms with Crippen molar-refractivity contribution in [2.24, 2.45) is 0 Å². The molecule has 0 radical (unpaired) electrons. The monoisotopic (exact) mass is 317 g/mol. The van der Waals surface area contributed by atoms with E-state index in [1.165, 1.54) is 6.07 Å². The molecule has 0 fully saturated rings. The smallest absolute Gasteiger partial charge is 0.271 e. The van der Waals surface area contributed by atoms with Gasteiger partial charge < -0.3 is 0 Å². The molecule has 1 aromatic heterocycles. The van der Waals surface area contributed by atoms with Crippen molar-refractivity contribution >= 4 is 39.4 Å². The number of aromatic nitrogens is 1. The minimum atomic E-state index is -2.58. The summed E-state index contributed by atoms with van der Waals surface area (Å²) in [5, 5.41) is -0.745. The lowest BCUT2D eigenvalue weighted by Crippen LogP contribution is -1.99. The fourth-order valence-electron chi connectivity index (χ4n) is 0.717. The van der Waals surface area contributed by atoms with E-state index in [-0.39, 0.29) is 11.3 Å². The van der Waals surface area contributed by atoms with Crippen LogP contribution in [0.4, 0.5) is 8.78 Å². The first-order chi connectivity index (χ1) is 6.02. The van der Waals surface area contributed by atoms with Gasteiger partial charge in [0, 0.05) is 15.3 Å². The van der Waals surface area contributed by atoms with Gasteiger partial charge in [-0.05, 0) is 40.3 Å². The molecule has 0 aliphatic rings. The number of halogens is 4. The van der Waals surface area contributed by atoms with Crippen molar-refractivity contribution < 1.29 is 13.6 Å². The summed E-state index contributed by atoms with van der Waals surface area (Å²) in [7, 11) is 0. The van der Waals surface area contributed by atoms with E-state index in [4.69, 9.17) is 11.6 Å². The number of carbonyl (C=O) groups excluding carboxylic acids is 1. The molecule has 0 unspecified atom stereocenters. The van der Waals surface area contributed by atoms with Crippen LogP contribution in [0.1, 0.15) is 22.5 Å². The van der Waals surface area contributed by atoms with E-state index in [0.717, 1.165) is 6.20 Å². The van der Waals surface area contributed by atoms with Crippen molar-refractivity contribution in [3.8, 4) is 0 Å². The minimum absolute atomic E-state index is 0.00617. The van der Waals surface area contributed by atoms with E-state index in [1.807, 2.05) is 0 Å². The largest absolute Gasteiger partial charge is 0.274 e. The first kappa shape index (κ1) is 10.8. The fraction of sp³-hybridized carbons (Fsp3) is 0.143. The zero-order valence-electron chi connectivity index (χ0n) is 6.10. The molecule has 0 aromatic carbocycles. The Morgan fingerprint density at radius 2 is 2.23 bits per heavy atom. The van der Waals surface area contributed by atoms with Crippen LogP contribution < -0.4 is 0 Å². The van der Waals surface area contributed by atoms with Gasteiger partial charge in [0.1, 0.15) is 5.69 Å². The molecule has 0 saturated carbocycles. The molecule has 13 heavy (non-hydrogen) atoms. The second-order valence-electron chi connectivity index (χ2n) is 2.17. The van der Waals surface area contributed by atoms with Crippen LogP contribution in [-0.4, -0.2) is 10.2 Å². The Kier molecular flexibility index (Phi) is 3.55. The number of hydrogen-bond donors (Lipinski definition) is 0. The van der Waals surface area contributed by atoms with Crippen molar-refractivity contribution in [3.05, 3.63) is 27.1 Å². The Morgan fingerprint density at radius 3 is 2.62 bits per heavy atom. The van der Waals surface area contributed by atoms with Crippen LogP contribution in [0, 0.1) is 3.57 Å². The number of rotatable bonds is 2. The minimum Gasteiger partial charge on any atom is -0.274 e. The summed E-state index contributed by atoms with van der Waals surface area (Å²) in [5.41, 5.74) is -0.210. The standard InChI is InChI=1S/C7H3ClF2INO/c8-6(13)5-4(11)1-3(2-12-5)7(9)10/h1-2,7H. The van der Waals surface area contributed by atoms with Gasteiger partial charge in [-0.3, -0.25) is 9.78 Å². The van der Waals surface area contributed by atoms with Gasteiger partial charge in [0.25, 0.3) is 11.7 Å².